The van der Waals surface area contributed by atoms with Crippen molar-refractivity contribution in [3.05, 3.63) is 133 Å². The molecular formula is C50H52N6O7Si. The molecule has 6 aromatic rings. The van der Waals surface area contributed by atoms with Gasteiger partial charge in [0.25, 0.3) is 0 Å². The minimum absolute atomic E-state index is 0.151. The molecule has 0 aliphatic carbocycles. The molecule has 2 aromatic heterocycles. The molecule has 3 N–H and O–H groups in total. The van der Waals surface area contributed by atoms with Gasteiger partial charge in [-0.25, -0.2) is 4.68 Å². The second-order valence-corrected chi connectivity index (χ2v) is 20.8. The Labute approximate surface area is 375 Å². The summed E-state index contributed by atoms with van der Waals surface area (Å²) in [4.78, 5) is 25.0. The first-order valence-electron chi connectivity index (χ1n) is 20.2. The van der Waals surface area contributed by atoms with Crippen LogP contribution in [0.1, 0.15) is 11.1 Å². The minimum atomic E-state index is -1.13. The maximum absolute atomic E-state index is 12.7. The molecule has 2 amide bonds. The lowest BCUT2D eigenvalue weighted by atomic mass is 10.1. The SMILES string of the molecule is C#CCOc1ccc(/C=C/C(=O)Nc2ccccc2-c2cn[nH]c2)cc1OC.C#CCOc1ccc(/C=C/C(=O)Nc2ccccc2-c2cnn(COCC[Si](C)(C)C)c2)cc1OC. The summed E-state index contributed by atoms with van der Waals surface area (Å²) in [7, 11) is 1.97. The number of terminal acetylenes is 2. The zero-order valence-electron chi connectivity index (χ0n) is 36.6. The zero-order valence-corrected chi connectivity index (χ0v) is 37.6. The molecule has 0 saturated carbocycles. The molecule has 0 fully saturated rings. The van der Waals surface area contributed by atoms with Crippen LogP contribution in [0.5, 0.6) is 23.0 Å². The molecular weight excluding hydrogens is 825 g/mol. The van der Waals surface area contributed by atoms with Crippen molar-refractivity contribution >= 4 is 43.4 Å². The maximum atomic E-state index is 12.7. The molecule has 6 rings (SSSR count). The third-order valence-electron chi connectivity index (χ3n) is 9.19. The van der Waals surface area contributed by atoms with Gasteiger partial charge in [-0.3, -0.25) is 14.7 Å². The van der Waals surface area contributed by atoms with Crippen molar-refractivity contribution in [3.63, 3.8) is 0 Å². The van der Waals surface area contributed by atoms with E-state index in [1.807, 2.05) is 66.9 Å². The van der Waals surface area contributed by atoms with Crippen LogP contribution in [0.15, 0.2) is 122 Å². The van der Waals surface area contributed by atoms with Crippen molar-refractivity contribution in [3.8, 4) is 69.9 Å². The zero-order chi connectivity index (χ0) is 45.7. The summed E-state index contributed by atoms with van der Waals surface area (Å²) in [5, 5.41) is 17.0. The Morgan fingerprint density at radius 1 is 0.734 bits per heavy atom. The fraction of sp³-hybridized carbons (Fsp3) is 0.200. The number of hydrogen-bond acceptors (Lipinski definition) is 9. The highest BCUT2D eigenvalue weighted by Crippen LogP contribution is 2.31. The van der Waals surface area contributed by atoms with Gasteiger partial charge in [0.15, 0.2) is 23.0 Å². The van der Waals surface area contributed by atoms with E-state index >= 15 is 0 Å². The molecule has 2 heterocycles. The third kappa shape index (κ3) is 14.7. The lowest BCUT2D eigenvalue weighted by Crippen LogP contribution is -2.22. The molecule has 14 heteroatoms. The number of para-hydroxylation sites is 2. The van der Waals surface area contributed by atoms with E-state index in [1.54, 1.807) is 73.9 Å². The highest BCUT2D eigenvalue weighted by atomic mass is 28.3. The number of aromatic nitrogens is 4. The van der Waals surface area contributed by atoms with Gasteiger partial charge in [-0.15, -0.1) is 12.8 Å². The van der Waals surface area contributed by atoms with Crippen molar-refractivity contribution in [1.29, 1.82) is 0 Å². The monoisotopic (exact) mass is 876 g/mol. The standard InChI is InChI=1S/C28H33N3O4Si.C22H19N3O3/c1-6-15-35-26-13-11-22(18-27(26)33-2)12-14-28(32)30-25-10-8-7-9-24(25)23-19-29-31(20-23)21-34-16-17-36(3,4)5;1-3-12-28-20-10-8-16(13-21(20)27-2)9-11-22(26)25-19-7-5-4-6-18(19)17-14-23-24-15-17/h1,7-14,18-20H,15-17,21H2,2-5H3,(H,30,32);1,4-11,13-15H,12H2,2H3,(H,23,24)(H,25,26)/b14-12+;11-9+. The number of nitrogens with zero attached hydrogens (tertiary/aromatic N) is 3. The molecule has 328 valence electrons. The van der Waals surface area contributed by atoms with Crippen LogP contribution in [0.2, 0.25) is 25.7 Å². The van der Waals surface area contributed by atoms with Gasteiger partial charge >= 0.3 is 0 Å². The number of nitrogens with one attached hydrogen (secondary N) is 3. The van der Waals surface area contributed by atoms with Crippen molar-refractivity contribution in [2.75, 3.05) is 44.7 Å². The largest absolute Gasteiger partial charge is 0.493 e. The Bertz CT molecular complexity index is 2620. The van der Waals surface area contributed by atoms with E-state index in [0.717, 1.165) is 46.0 Å². The lowest BCUT2D eigenvalue weighted by molar-refractivity contribution is -0.112. The molecule has 0 unspecified atom stereocenters. The molecule has 0 aliphatic heterocycles. The second kappa shape index (κ2) is 24.0. The van der Waals surface area contributed by atoms with Crippen LogP contribution in [0.3, 0.4) is 0 Å². The Balaban J connectivity index is 0.000000248. The van der Waals surface area contributed by atoms with Crippen molar-refractivity contribution < 1.29 is 33.3 Å². The Morgan fingerprint density at radius 2 is 1.27 bits per heavy atom. The van der Waals surface area contributed by atoms with E-state index in [0.29, 0.717) is 41.1 Å². The third-order valence-corrected chi connectivity index (χ3v) is 10.9. The number of aromatic amines is 1. The van der Waals surface area contributed by atoms with Crippen LogP contribution in [0.25, 0.3) is 34.4 Å². The number of amides is 2. The van der Waals surface area contributed by atoms with Gasteiger partial charge in [0, 0.05) is 72.9 Å². The predicted octanol–water partition coefficient (Wildman–Crippen LogP) is 9.28. The number of rotatable bonds is 19. The first kappa shape index (κ1) is 47.3. The van der Waals surface area contributed by atoms with E-state index in [1.165, 1.54) is 12.2 Å². The van der Waals surface area contributed by atoms with E-state index in [9.17, 15) is 9.59 Å². The molecule has 4 aromatic carbocycles. The summed E-state index contributed by atoms with van der Waals surface area (Å²) < 4.78 is 29.1. The summed E-state index contributed by atoms with van der Waals surface area (Å²) in [6.45, 7) is 8.42. The van der Waals surface area contributed by atoms with Crippen LogP contribution in [-0.4, -0.2) is 73.9 Å². The Hall–Kier alpha value is -7.78. The van der Waals surface area contributed by atoms with E-state index in [4.69, 9.17) is 36.5 Å². The summed E-state index contributed by atoms with van der Waals surface area (Å²) >= 11 is 0. The van der Waals surface area contributed by atoms with Gasteiger partial charge in [0.2, 0.25) is 11.8 Å². The molecule has 64 heavy (non-hydrogen) atoms. The second-order valence-electron chi connectivity index (χ2n) is 15.1. The number of benzene rings is 4. The Kier molecular flexibility index (Phi) is 17.7. The number of carbonyl (C=O) groups is 2. The number of hydrogen-bond donors (Lipinski definition) is 3. The molecule has 0 bridgehead atoms. The number of carbonyl (C=O) groups excluding carboxylic acids is 2. The average Bonchev–Trinajstić information content (AvgIpc) is 4.02. The normalized spacial score (nSPS) is 10.9. The van der Waals surface area contributed by atoms with Gasteiger partial charge in [-0.1, -0.05) is 80.0 Å². The fourth-order valence-corrected chi connectivity index (χ4v) is 6.70. The first-order valence-corrected chi connectivity index (χ1v) is 24.0. The maximum Gasteiger partial charge on any atom is 0.248 e. The van der Waals surface area contributed by atoms with Crippen LogP contribution in [0.4, 0.5) is 11.4 Å². The van der Waals surface area contributed by atoms with Gasteiger partial charge in [0.1, 0.15) is 19.9 Å². The van der Waals surface area contributed by atoms with E-state index in [-0.39, 0.29) is 25.0 Å². The Morgan fingerprint density at radius 3 is 1.75 bits per heavy atom. The van der Waals surface area contributed by atoms with E-state index < -0.39 is 8.07 Å². The van der Waals surface area contributed by atoms with Gasteiger partial charge in [-0.05, 0) is 65.7 Å². The summed E-state index contributed by atoms with van der Waals surface area (Å²) in [5.41, 5.74) is 6.54. The van der Waals surface area contributed by atoms with Crippen molar-refractivity contribution in [2.45, 2.75) is 32.4 Å². The highest BCUT2D eigenvalue weighted by molar-refractivity contribution is 6.76. The molecule has 0 atom stereocenters. The quantitative estimate of drug-likeness (QED) is 0.0313. The van der Waals surface area contributed by atoms with Crippen molar-refractivity contribution in [1.82, 2.24) is 20.0 Å². The number of anilines is 2. The first-order chi connectivity index (χ1) is 31.0. The predicted molar refractivity (Wildman–Crippen MR) is 256 cm³/mol. The number of methoxy groups -OCH3 is 2. The molecule has 13 nitrogen and oxygen atoms in total. The highest BCUT2D eigenvalue weighted by Gasteiger charge is 2.14. The van der Waals surface area contributed by atoms with E-state index in [2.05, 4.69) is 57.4 Å². The molecule has 0 spiro atoms. The smallest absolute Gasteiger partial charge is 0.248 e. The van der Waals surface area contributed by atoms with Crippen LogP contribution < -0.4 is 29.6 Å². The summed E-state index contributed by atoms with van der Waals surface area (Å²) in [6, 6.07) is 27.0. The van der Waals surface area contributed by atoms with Crippen molar-refractivity contribution in [2.24, 2.45) is 0 Å². The summed E-state index contributed by atoms with van der Waals surface area (Å²) in [6.07, 6.45) is 24.0. The van der Waals surface area contributed by atoms with Crippen LogP contribution in [-0.2, 0) is 21.1 Å². The lowest BCUT2D eigenvalue weighted by Gasteiger charge is -2.15. The number of ether oxygens (including phenoxy) is 5. The molecule has 0 saturated heterocycles. The number of H-pyrrole nitrogens is 1. The topological polar surface area (TPSA) is 151 Å². The molecule has 0 radical (unpaired) electrons. The minimum Gasteiger partial charge on any atom is -0.493 e. The van der Waals surface area contributed by atoms with Gasteiger partial charge in [-0.2, -0.15) is 10.2 Å². The summed E-state index contributed by atoms with van der Waals surface area (Å²) in [5.74, 6) is 6.52. The average molecular weight is 877 g/mol. The van der Waals surface area contributed by atoms with Crippen LogP contribution in [0, 0.1) is 24.7 Å². The fourth-order valence-electron chi connectivity index (χ4n) is 5.94. The van der Waals surface area contributed by atoms with Crippen LogP contribution >= 0.6 is 0 Å². The van der Waals surface area contributed by atoms with Gasteiger partial charge < -0.3 is 34.3 Å². The van der Waals surface area contributed by atoms with Gasteiger partial charge in [0.05, 0.1) is 26.6 Å². The molecule has 0 aliphatic rings.